The molecule has 0 bridgehead atoms. The second kappa shape index (κ2) is 7.91. The molecule has 0 radical (unpaired) electrons. The first-order valence-corrected chi connectivity index (χ1v) is 8.70. The number of hydrogen-bond donors (Lipinski definition) is 2. The van der Waals surface area contributed by atoms with Gasteiger partial charge >= 0.3 is 0 Å². The minimum Gasteiger partial charge on any atom is -0.363 e. The number of nitrogens with one attached hydrogen (secondary N) is 2. The number of anilines is 4. The van der Waals surface area contributed by atoms with Crippen molar-refractivity contribution < 1.29 is 4.79 Å². The predicted octanol–water partition coefficient (Wildman–Crippen LogP) is 2.55. The van der Waals surface area contributed by atoms with E-state index >= 15 is 0 Å². The van der Waals surface area contributed by atoms with E-state index in [9.17, 15) is 9.59 Å². The summed E-state index contributed by atoms with van der Waals surface area (Å²) < 4.78 is 1.37. The molecular formula is C20H22N6O2. The Balaban J connectivity index is 1.73. The highest BCUT2D eigenvalue weighted by molar-refractivity contribution is 6.04. The summed E-state index contributed by atoms with van der Waals surface area (Å²) in [5.74, 6) is 0.858. The van der Waals surface area contributed by atoms with E-state index in [2.05, 4.69) is 20.6 Å². The first kappa shape index (κ1) is 19.1. The SMILES string of the molecule is Cc1cc(N(C)C)nc(Nc2ccc(NC(=O)c3cccn(C)c3=O)cc2)n1. The highest BCUT2D eigenvalue weighted by atomic mass is 16.2. The van der Waals surface area contributed by atoms with Gasteiger partial charge in [-0.25, -0.2) is 4.98 Å². The zero-order chi connectivity index (χ0) is 20.3. The molecule has 0 aliphatic carbocycles. The fourth-order valence-corrected chi connectivity index (χ4v) is 2.57. The largest absolute Gasteiger partial charge is 0.363 e. The summed E-state index contributed by atoms with van der Waals surface area (Å²) in [6, 6.07) is 12.2. The Bertz CT molecular complexity index is 1060. The van der Waals surface area contributed by atoms with Gasteiger partial charge in [0.15, 0.2) is 0 Å². The Morgan fingerprint density at radius 2 is 1.75 bits per heavy atom. The molecule has 0 fully saturated rings. The molecule has 0 unspecified atom stereocenters. The van der Waals surface area contributed by atoms with Crippen LogP contribution in [-0.2, 0) is 7.05 Å². The zero-order valence-electron chi connectivity index (χ0n) is 16.2. The van der Waals surface area contributed by atoms with Crippen LogP contribution in [0.25, 0.3) is 0 Å². The quantitative estimate of drug-likeness (QED) is 0.709. The van der Waals surface area contributed by atoms with Gasteiger partial charge < -0.3 is 20.1 Å². The number of nitrogens with zero attached hydrogens (tertiary/aromatic N) is 4. The van der Waals surface area contributed by atoms with Gasteiger partial charge in [0.25, 0.3) is 11.5 Å². The maximum absolute atomic E-state index is 12.3. The monoisotopic (exact) mass is 378 g/mol. The van der Waals surface area contributed by atoms with Gasteiger partial charge in [-0.2, -0.15) is 4.98 Å². The Kier molecular flexibility index (Phi) is 5.39. The second-order valence-electron chi connectivity index (χ2n) is 6.58. The van der Waals surface area contributed by atoms with Crippen molar-refractivity contribution in [2.45, 2.75) is 6.92 Å². The molecule has 0 aliphatic rings. The first-order chi connectivity index (χ1) is 13.3. The molecule has 3 aromatic rings. The van der Waals surface area contributed by atoms with Gasteiger partial charge in [-0.15, -0.1) is 0 Å². The minimum absolute atomic E-state index is 0.0941. The summed E-state index contributed by atoms with van der Waals surface area (Å²) in [6.45, 7) is 1.91. The Morgan fingerprint density at radius 3 is 2.43 bits per heavy atom. The minimum atomic E-state index is -0.445. The molecule has 0 atom stereocenters. The van der Waals surface area contributed by atoms with Gasteiger partial charge in [-0.05, 0) is 43.3 Å². The number of carbonyl (C=O) groups excluding carboxylic acids is 1. The van der Waals surface area contributed by atoms with Crippen LogP contribution in [0.15, 0.2) is 53.5 Å². The Hall–Kier alpha value is -3.68. The predicted molar refractivity (Wildman–Crippen MR) is 110 cm³/mol. The number of hydrogen-bond acceptors (Lipinski definition) is 6. The average Bonchev–Trinajstić information content (AvgIpc) is 2.65. The second-order valence-corrected chi connectivity index (χ2v) is 6.58. The number of amides is 1. The summed E-state index contributed by atoms with van der Waals surface area (Å²) in [6.07, 6.45) is 1.61. The molecule has 0 saturated heterocycles. The Labute approximate surface area is 162 Å². The summed E-state index contributed by atoms with van der Waals surface area (Å²) >= 11 is 0. The first-order valence-electron chi connectivity index (χ1n) is 8.70. The van der Waals surface area contributed by atoms with E-state index in [-0.39, 0.29) is 11.1 Å². The van der Waals surface area contributed by atoms with E-state index in [1.807, 2.05) is 32.0 Å². The number of rotatable bonds is 5. The van der Waals surface area contributed by atoms with E-state index in [4.69, 9.17) is 0 Å². The number of pyridine rings is 1. The molecule has 8 nitrogen and oxygen atoms in total. The fraction of sp³-hybridized carbons (Fsp3) is 0.200. The van der Waals surface area contributed by atoms with Crippen LogP contribution in [0.3, 0.4) is 0 Å². The van der Waals surface area contributed by atoms with Crippen LogP contribution in [0.2, 0.25) is 0 Å². The molecule has 2 N–H and O–H groups in total. The molecule has 8 heteroatoms. The summed E-state index contributed by atoms with van der Waals surface area (Å²) in [7, 11) is 5.45. The zero-order valence-corrected chi connectivity index (χ0v) is 16.2. The smallest absolute Gasteiger partial charge is 0.263 e. The number of aromatic nitrogens is 3. The van der Waals surface area contributed by atoms with Gasteiger partial charge in [0, 0.05) is 50.5 Å². The average molecular weight is 378 g/mol. The van der Waals surface area contributed by atoms with Crippen LogP contribution >= 0.6 is 0 Å². The molecule has 1 aromatic carbocycles. The van der Waals surface area contributed by atoms with Crippen molar-refractivity contribution in [3.63, 3.8) is 0 Å². The molecule has 28 heavy (non-hydrogen) atoms. The summed E-state index contributed by atoms with van der Waals surface area (Å²) in [4.78, 5) is 35.1. The molecule has 144 valence electrons. The van der Waals surface area contributed by atoms with Gasteiger partial charge in [-0.3, -0.25) is 9.59 Å². The van der Waals surface area contributed by atoms with Crippen LogP contribution in [0.5, 0.6) is 0 Å². The lowest BCUT2D eigenvalue weighted by Gasteiger charge is -2.14. The third-order valence-corrected chi connectivity index (χ3v) is 4.07. The van der Waals surface area contributed by atoms with Crippen molar-refractivity contribution in [1.29, 1.82) is 0 Å². The summed E-state index contributed by atoms with van der Waals surface area (Å²) in [5.41, 5.74) is 1.97. The molecule has 2 heterocycles. The third kappa shape index (κ3) is 4.35. The highest BCUT2D eigenvalue weighted by Crippen LogP contribution is 2.19. The lowest BCUT2D eigenvalue weighted by molar-refractivity contribution is 0.102. The third-order valence-electron chi connectivity index (χ3n) is 4.07. The lowest BCUT2D eigenvalue weighted by atomic mass is 10.2. The maximum Gasteiger partial charge on any atom is 0.263 e. The van der Waals surface area contributed by atoms with Crippen LogP contribution < -0.4 is 21.1 Å². The van der Waals surface area contributed by atoms with E-state index in [0.717, 1.165) is 17.2 Å². The fourth-order valence-electron chi connectivity index (χ4n) is 2.57. The molecule has 2 aromatic heterocycles. The topological polar surface area (TPSA) is 92.2 Å². The lowest BCUT2D eigenvalue weighted by Crippen LogP contribution is -2.26. The van der Waals surface area contributed by atoms with Gasteiger partial charge in [0.1, 0.15) is 11.4 Å². The normalized spacial score (nSPS) is 10.4. The molecule has 0 spiro atoms. The standard InChI is InChI=1S/C20H22N6O2/c1-13-12-17(25(2)3)24-20(21-13)23-15-9-7-14(8-10-15)22-18(27)16-6-5-11-26(4)19(16)28/h5-12H,1-4H3,(H,22,27)(H,21,23,24). The Morgan fingerprint density at radius 1 is 1.07 bits per heavy atom. The van der Waals surface area contributed by atoms with Gasteiger partial charge in [0.2, 0.25) is 5.95 Å². The van der Waals surface area contributed by atoms with E-state index in [0.29, 0.717) is 11.6 Å². The number of aryl methyl sites for hydroxylation is 2. The summed E-state index contributed by atoms with van der Waals surface area (Å²) in [5, 5.41) is 5.89. The van der Waals surface area contributed by atoms with Gasteiger partial charge in [-0.1, -0.05) is 0 Å². The molecular weight excluding hydrogens is 356 g/mol. The molecule has 0 saturated carbocycles. The molecule has 3 rings (SSSR count). The van der Waals surface area contributed by atoms with Crippen LogP contribution in [-0.4, -0.2) is 34.5 Å². The molecule has 1 amide bonds. The van der Waals surface area contributed by atoms with Crippen LogP contribution in [0.4, 0.5) is 23.1 Å². The van der Waals surface area contributed by atoms with E-state index < -0.39 is 5.91 Å². The van der Waals surface area contributed by atoms with Crippen molar-refractivity contribution >= 4 is 29.0 Å². The highest BCUT2D eigenvalue weighted by Gasteiger charge is 2.11. The van der Waals surface area contributed by atoms with Crippen molar-refractivity contribution in [2.24, 2.45) is 7.05 Å². The number of benzene rings is 1. The van der Waals surface area contributed by atoms with Crippen molar-refractivity contribution in [2.75, 3.05) is 29.6 Å². The van der Waals surface area contributed by atoms with Crippen molar-refractivity contribution in [3.8, 4) is 0 Å². The van der Waals surface area contributed by atoms with Crippen molar-refractivity contribution in [3.05, 3.63) is 70.3 Å². The van der Waals surface area contributed by atoms with Crippen LogP contribution in [0, 0.1) is 6.92 Å². The van der Waals surface area contributed by atoms with Crippen molar-refractivity contribution in [1.82, 2.24) is 14.5 Å². The maximum atomic E-state index is 12.3. The number of carbonyl (C=O) groups is 1. The van der Waals surface area contributed by atoms with Gasteiger partial charge in [0.05, 0.1) is 0 Å². The van der Waals surface area contributed by atoms with E-state index in [1.54, 1.807) is 43.6 Å². The molecule has 0 aliphatic heterocycles. The van der Waals surface area contributed by atoms with E-state index in [1.165, 1.54) is 10.6 Å². The van der Waals surface area contributed by atoms with Crippen LogP contribution in [0.1, 0.15) is 16.1 Å².